The summed E-state index contributed by atoms with van der Waals surface area (Å²) in [6.45, 7) is 1.71. The second-order valence-electron chi connectivity index (χ2n) is 5.81. The van der Waals surface area contributed by atoms with E-state index in [0.717, 1.165) is 54.7 Å². The van der Waals surface area contributed by atoms with Gasteiger partial charge < -0.3 is 10.1 Å². The highest BCUT2D eigenvalue weighted by Crippen LogP contribution is 2.35. The minimum Gasteiger partial charge on any atom is -0.381 e. The summed E-state index contributed by atoms with van der Waals surface area (Å²) in [7, 11) is 0. The number of anilines is 2. The molecule has 0 aromatic carbocycles. The van der Waals surface area contributed by atoms with Gasteiger partial charge in [0.2, 0.25) is 0 Å². The van der Waals surface area contributed by atoms with Gasteiger partial charge in [-0.05, 0) is 44.2 Å². The molecule has 1 aliphatic carbocycles. The second-order valence-corrected chi connectivity index (χ2v) is 8.65. The van der Waals surface area contributed by atoms with E-state index in [1.807, 2.05) is 17.8 Å². The third kappa shape index (κ3) is 3.82. The van der Waals surface area contributed by atoms with Crippen molar-refractivity contribution in [3.05, 3.63) is 27.9 Å². The molecule has 2 aromatic heterocycles. The normalized spacial score (nSPS) is 18.1. The largest absolute Gasteiger partial charge is 0.381 e. The van der Waals surface area contributed by atoms with E-state index in [-0.39, 0.29) is 0 Å². The molecule has 122 valence electrons. The maximum atomic E-state index is 6.20. The topological polar surface area (TPSA) is 47.0 Å². The number of aryl methyl sites for hydroxylation is 2. The van der Waals surface area contributed by atoms with E-state index in [4.69, 9.17) is 16.3 Å². The predicted molar refractivity (Wildman–Crippen MR) is 96.4 cm³/mol. The molecule has 2 aliphatic rings. The van der Waals surface area contributed by atoms with Gasteiger partial charge in [-0.3, -0.25) is 0 Å². The fourth-order valence-corrected chi connectivity index (χ4v) is 5.45. The average molecular weight is 368 g/mol. The molecule has 1 aliphatic heterocycles. The van der Waals surface area contributed by atoms with Crippen LogP contribution in [0.5, 0.6) is 0 Å². The van der Waals surface area contributed by atoms with Crippen molar-refractivity contribution < 1.29 is 4.74 Å². The Morgan fingerprint density at radius 2 is 2.09 bits per heavy atom. The molecular formula is C16H18ClN3OS2. The van der Waals surface area contributed by atoms with Gasteiger partial charge in [0.15, 0.2) is 5.13 Å². The maximum Gasteiger partial charge on any atom is 0.188 e. The number of pyridine rings is 1. The maximum absolute atomic E-state index is 6.20. The first-order chi connectivity index (χ1) is 11.3. The van der Waals surface area contributed by atoms with Crippen LogP contribution in [-0.2, 0) is 17.6 Å². The summed E-state index contributed by atoms with van der Waals surface area (Å²) in [6, 6.07) is 4.01. The molecule has 1 saturated heterocycles. The molecule has 4 nitrogen and oxygen atoms in total. The van der Waals surface area contributed by atoms with Crippen LogP contribution in [0.15, 0.2) is 17.0 Å². The van der Waals surface area contributed by atoms with Gasteiger partial charge in [-0.25, -0.2) is 9.97 Å². The lowest BCUT2D eigenvalue weighted by Crippen LogP contribution is -2.17. The highest BCUT2D eigenvalue weighted by molar-refractivity contribution is 8.00. The Bertz CT molecular complexity index is 679. The van der Waals surface area contributed by atoms with Crippen molar-refractivity contribution in [3.63, 3.8) is 0 Å². The number of ether oxygens (including phenoxy) is 1. The van der Waals surface area contributed by atoms with Crippen LogP contribution in [0.3, 0.4) is 0 Å². The molecule has 1 fully saturated rings. The van der Waals surface area contributed by atoms with Crippen LogP contribution < -0.4 is 5.32 Å². The van der Waals surface area contributed by atoms with Gasteiger partial charge in [-0.1, -0.05) is 11.6 Å². The van der Waals surface area contributed by atoms with Crippen LogP contribution in [0.25, 0.3) is 0 Å². The minimum atomic E-state index is 0.522. The highest BCUT2D eigenvalue weighted by Gasteiger charge is 2.18. The quantitative estimate of drug-likeness (QED) is 0.794. The molecular weight excluding hydrogens is 350 g/mol. The molecule has 0 bridgehead atoms. The van der Waals surface area contributed by atoms with Gasteiger partial charge in [-0.15, -0.1) is 23.1 Å². The van der Waals surface area contributed by atoms with Crippen molar-refractivity contribution in [1.29, 1.82) is 0 Å². The summed E-state index contributed by atoms with van der Waals surface area (Å²) >= 11 is 9.80. The number of rotatable bonds is 4. The number of nitrogens with zero attached hydrogens (tertiary/aromatic N) is 2. The van der Waals surface area contributed by atoms with Crippen LogP contribution in [0.4, 0.5) is 10.9 Å². The number of hydrogen-bond acceptors (Lipinski definition) is 6. The Labute approximate surface area is 149 Å². The first kappa shape index (κ1) is 15.7. The molecule has 0 saturated carbocycles. The molecule has 0 amide bonds. The van der Waals surface area contributed by atoms with Crippen molar-refractivity contribution in [2.75, 3.05) is 18.5 Å². The zero-order chi connectivity index (χ0) is 15.6. The number of thiazole rings is 1. The predicted octanol–water partition coefficient (Wildman–Crippen LogP) is 4.69. The number of thioether (sulfide) groups is 1. The Morgan fingerprint density at radius 3 is 2.91 bits per heavy atom. The molecule has 7 heteroatoms. The van der Waals surface area contributed by atoms with E-state index < -0.39 is 0 Å². The lowest BCUT2D eigenvalue weighted by molar-refractivity contribution is 0.100. The lowest BCUT2D eigenvalue weighted by Gasteiger charge is -2.21. The number of nitrogens with one attached hydrogen (secondary N) is 1. The Balaban J connectivity index is 1.49. The third-order valence-corrected chi connectivity index (χ3v) is 6.65. The van der Waals surface area contributed by atoms with Crippen LogP contribution in [0.1, 0.15) is 29.8 Å². The van der Waals surface area contributed by atoms with Gasteiger partial charge in [0.1, 0.15) is 11.0 Å². The van der Waals surface area contributed by atoms with Crippen LogP contribution >= 0.6 is 34.7 Å². The number of aromatic nitrogens is 2. The fourth-order valence-electron chi connectivity index (χ4n) is 2.95. The van der Waals surface area contributed by atoms with Crippen molar-refractivity contribution in [2.45, 2.75) is 42.2 Å². The minimum absolute atomic E-state index is 0.522. The molecule has 0 radical (unpaired) electrons. The molecule has 3 heterocycles. The van der Waals surface area contributed by atoms with Crippen molar-refractivity contribution in [1.82, 2.24) is 9.97 Å². The average Bonchev–Trinajstić information content (AvgIpc) is 3.09. The zero-order valence-corrected chi connectivity index (χ0v) is 15.1. The lowest BCUT2D eigenvalue weighted by atomic mass is 10.2. The third-order valence-electron chi connectivity index (χ3n) is 4.07. The summed E-state index contributed by atoms with van der Waals surface area (Å²) in [4.78, 5) is 11.6. The van der Waals surface area contributed by atoms with E-state index in [0.29, 0.717) is 10.4 Å². The number of fused-ring (bicyclic) bond motifs is 1. The Kier molecular flexibility index (Phi) is 4.76. The van der Waals surface area contributed by atoms with Gasteiger partial charge in [-0.2, -0.15) is 0 Å². The highest BCUT2D eigenvalue weighted by atomic mass is 35.5. The number of halogens is 1. The van der Waals surface area contributed by atoms with Crippen molar-refractivity contribution >= 4 is 45.6 Å². The smallest absolute Gasteiger partial charge is 0.188 e. The summed E-state index contributed by atoms with van der Waals surface area (Å²) in [6.07, 6.45) is 5.67. The molecule has 0 atom stereocenters. The molecule has 0 spiro atoms. The van der Waals surface area contributed by atoms with Crippen molar-refractivity contribution in [3.8, 4) is 0 Å². The fraction of sp³-hybridized carbons (Fsp3) is 0.500. The molecule has 0 unspecified atom stereocenters. The van der Waals surface area contributed by atoms with E-state index in [1.54, 1.807) is 11.3 Å². The molecule has 4 rings (SSSR count). The van der Waals surface area contributed by atoms with Gasteiger partial charge in [0.25, 0.3) is 0 Å². The first-order valence-corrected chi connectivity index (χ1v) is 10.0. The molecule has 23 heavy (non-hydrogen) atoms. The van der Waals surface area contributed by atoms with Gasteiger partial charge >= 0.3 is 0 Å². The summed E-state index contributed by atoms with van der Waals surface area (Å²) in [5.41, 5.74) is 1.25. The monoisotopic (exact) mass is 367 g/mol. The summed E-state index contributed by atoms with van der Waals surface area (Å²) < 4.78 is 5.42. The first-order valence-electron chi connectivity index (χ1n) is 7.94. The zero-order valence-electron chi connectivity index (χ0n) is 12.7. The van der Waals surface area contributed by atoms with Crippen LogP contribution in [0, 0.1) is 0 Å². The SMILES string of the molecule is Clc1cc(SC2CCOCC2)cc(Nc2nc3c(s2)CCC3)n1. The van der Waals surface area contributed by atoms with E-state index >= 15 is 0 Å². The summed E-state index contributed by atoms with van der Waals surface area (Å²) in [5, 5.41) is 5.37. The second kappa shape index (κ2) is 6.97. The van der Waals surface area contributed by atoms with Crippen LogP contribution in [-0.4, -0.2) is 28.4 Å². The van der Waals surface area contributed by atoms with E-state index in [1.165, 1.54) is 17.0 Å². The number of hydrogen-bond donors (Lipinski definition) is 1. The van der Waals surface area contributed by atoms with E-state index in [9.17, 15) is 0 Å². The van der Waals surface area contributed by atoms with E-state index in [2.05, 4.69) is 21.4 Å². The van der Waals surface area contributed by atoms with Crippen LogP contribution in [0.2, 0.25) is 5.15 Å². The Morgan fingerprint density at radius 1 is 1.22 bits per heavy atom. The standard InChI is InChI=1S/C16H18ClN3OS2/c17-14-8-11(22-10-4-6-21-7-5-10)9-15(19-14)20-16-18-12-2-1-3-13(12)23-16/h8-10H,1-7H2,(H,18,19,20). The molecule has 2 aromatic rings. The van der Waals surface area contributed by atoms with Gasteiger partial charge in [0.05, 0.1) is 5.69 Å². The molecule has 1 N–H and O–H groups in total. The Hall–Kier alpha value is -0.820. The summed E-state index contributed by atoms with van der Waals surface area (Å²) in [5.74, 6) is 0.777. The van der Waals surface area contributed by atoms with Crippen molar-refractivity contribution in [2.24, 2.45) is 0 Å². The van der Waals surface area contributed by atoms with Gasteiger partial charge in [0, 0.05) is 28.2 Å².